The maximum atomic E-state index is 12.3. The van der Waals surface area contributed by atoms with Crippen molar-refractivity contribution < 1.29 is 28.3 Å². The van der Waals surface area contributed by atoms with Gasteiger partial charge in [-0.25, -0.2) is 9.59 Å². The van der Waals surface area contributed by atoms with E-state index in [2.05, 4.69) is 5.32 Å². The van der Waals surface area contributed by atoms with Gasteiger partial charge in [0.2, 0.25) is 5.76 Å². The second-order valence-corrected chi connectivity index (χ2v) is 7.05. The van der Waals surface area contributed by atoms with Gasteiger partial charge in [-0.1, -0.05) is 30.3 Å². The summed E-state index contributed by atoms with van der Waals surface area (Å²) in [5.74, 6) is -1.67. The number of thiophene rings is 1. The molecule has 0 radical (unpaired) electrons. The lowest BCUT2D eigenvalue weighted by molar-refractivity contribution is -0.119. The number of amides is 1. The van der Waals surface area contributed by atoms with Gasteiger partial charge in [-0.05, 0) is 37.1 Å². The van der Waals surface area contributed by atoms with Gasteiger partial charge in [0, 0.05) is 5.56 Å². The van der Waals surface area contributed by atoms with E-state index in [4.69, 9.17) is 13.9 Å². The van der Waals surface area contributed by atoms with Crippen LogP contribution in [0.15, 0.2) is 53.1 Å². The highest BCUT2D eigenvalue weighted by Gasteiger charge is 2.20. The van der Waals surface area contributed by atoms with Crippen LogP contribution in [0, 0.1) is 6.92 Å². The molecule has 0 aliphatic heterocycles. The van der Waals surface area contributed by atoms with E-state index in [9.17, 15) is 14.4 Å². The van der Waals surface area contributed by atoms with Gasteiger partial charge in [-0.2, -0.15) is 0 Å². The molecule has 0 saturated carbocycles. The van der Waals surface area contributed by atoms with Crippen molar-refractivity contribution in [2.45, 2.75) is 13.8 Å². The zero-order valence-electron chi connectivity index (χ0n) is 15.9. The molecule has 3 aromatic rings. The Bertz CT molecular complexity index is 1020. The van der Waals surface area contributed by atoms with Crippen LogP contribution in [0.1, 0.15) is 32.7 Å². The third-order valence-electron chi connectivity index (χ3n) is 3.91. The third-order valence-corrected chi connectivity index (χ3v) is 5.04. The number of esters is 2. The largest absolute Gasteiger partial charge is 0.462 e. The zero-order chi connectivity index (χ0) is 20.8. The second-order valence-electron chi connectivity index (χ2n) is 6.00. The van der Waals surface area contributed by atoms with E-state index < -0.39 is 24.5 Å². The van der Waals surface area contributed by atoms with Crippen LogP contribution in [0.3, 0.4) is 0 Å². The second kappa shape index (κ2) is 9.20. The van der Waals surface area contributed by atoms with Gasteiger partial charge >= 0.3 is 11.9 Å². The normalized spacial score (nSPS) is 10.4. The quantitative estimate of drug-likeness (QED) is 0.581. The molecule has 1 amide bonds. The van der Waals surface area contributed by atoms with Gasteiger partial charge in [0.1, 0.15) is 4.88 Å². The number of benzene rings is 1. The summed E-state index contributed by atoms with van der Waals surface area (Å²) in [6.45, 7) is 3.26. The number of carbonyl (C=O) groups is 3. The van der Waals surface area contributed by atoms with Gasteiger partial charge in [0.05, 0.1) is 17.9 Å². The highest BCUT2D eigenvalue weighted by molar-refractivity contribution is 7.18. The number of ether oxygens (including phenoxy) is 2. The maximum Gasteiger partial charge on any atom is 0.375 e. The Morgan fingerprint density at radius 1 is 1.07 bits per heavy atom. The van der Waals surface area contributed by atoms with E-state index in [0.717, 1.165) is 16.9 Å². The molecule has 0 bridgehead atoms. The minimum atomic E-state index is -0.737. The molecule has 0 saturated heterocycles. The first kappa shape index (κ1) is 20.3. The highest BCUT2D eigenvalue weighted by Crippen LogP contribution is 2.28. The van der Waals surface area contributed by atoms with Crippen LogP contribution in [-0.4, -0.2) is 31.1 Å². The van der Waals surface area contributed by atoms with Crippen molar-refractivity contribution in [3.05, 3.63) is 64.9 Å². The standard InChI is InChI=1S/C21H19NO6S/c1-3-26-21(25)19-13(2)11-17(29-19)22-16(23)12-28-20(24)18-15(9-10-27-18)14-7-5-4-6-8-14/h4-11H,3,12H2,1-2H3,(H,22,23). The van der Waals surface area contributed by atoms with Crippen molar-refractivity contribution in [1.29, 1.82) is 0 Å². The van der Waals surface area contributed by atoms with E-state index in [1.54, 1.807) is 26.0 Å². The predicted octanol–water partition coefficient (Wildman–Crippen LogP) is 4.29. The predicted molar refractivity (Wildman–Crippen MR) is 108 cm³/mol. The molecule has 3 rings (SSSR count). The van der Waals surface area contributed by atoms with Crippen LogP contribution >= 0.6 is 11.3 Å². The average Bonchev–Trinajstić information content (AvgIpc) is 3.34. The third kappa shape index (κ3) is 4.91. The summed E-state index contributed by atoms with van der Waals surface area (Å²) in [6.07, 6.45) is 1.39. The van der Waals surface area contributed by atoms with Gasteiger partial charge in [0.25, 0.3) is 5.91 Å². The van der Waals surface area contributed by atoms with Crippen LogP contribution in [0.2, 0.25) is 0 Å². The van der Waals surface area contributed by atoms with E-state index in [1.165, 1.54) is 6.26 Å². The molecule has 150 valence electrons. The summed E-state index contributed by atoms with van der Waals surface area (Å²) >= 11 is 1.10. The molecule has 8 heteroatoms. The van der Waals surface area contributed by atoms with E-state index >= 15 is 0 Å². The molecule has 2 heterocycles. The molecular weight excluding hydrogens is 394 g/mol. The molecule has 2 aromatic heterocycles. The fourth-order valence-electron chi connectivity index (χ4n) is 2.63. The van der Waals surface area contributed by atoms with Gasteiger partial charge in [-0.15, -0.1) is 11.3 Å². The number of hydrogen-bond acceptors (Lipinski definition) is 7. The number of furan rings is 1. The number of hydrogen-bond donors (Lipinski definition) is 1. The van der Waals surface area contributed by atoms with Crippen LogP contribution < -0.4 is 5.32 Å². The van der Waals surface area contributed by atoms with Crippen molar-refractivity contribution in [2.24, 2.45) is 0 Å². The van der Waals surface area contributed by atoms with Crippen LogP contribution in [0.25, 0.3) is 11.1 Å². The molecule has 0 aliphatic rings. The summed E-state index contributed by atoms with van der Waals surface area (Å²) < 4.78 is 15.3. The molecule has 0 spiro atoms. The first-order valence-corrected chi connectivity index (χ1v) is 9.68. The number of carbonyl (C=O) groups excluding carboxylic acids is 3. The van der Waals surface area contributed by atoms with Crippen LogP contribution in [0.5, 0.6) is 0 Å². The first-order valence-electron chi connectivity index (χ1n) is 8.87. The lowest BCUT2D eigenvalue weighted by atomic mass is 10.1. The Kier molecular flexibility index (Phi) is 6.46. The van der Waals surface area contributed by atoms with Gasteiger partial charge in [0.15, 0.2) is 6.61 Å². The number of rotatable bonds is 7. The number of nitrogens with one attached hydrogen (secondary N) is 1. The molecule has 0 unspecified atom stereocenters. The topological polar surface area (TPSA) is 94.8 Å². The average molecular weight is 413 g/mol. The van der Waals surface area contributed by atoms with E-state index in [0.29, 0.717) is 21.0 Å². The van der Waals surface area contributed by atoms with Gasteiger partial charge < -0.3 is 19.2 Å². The summed E-state index contributed by atoms with van der Waals surface area (Å²) in [5.41, 5.74) is 2.09. The lowest BCUT2D eigenvalue weighted by Gasteiger charge is -2.05. The highest BCUT2D eigenvalue weighted by atomic mass is 32.1. The van der Waals surface area contributed by atoms with Crippen molar-refractivity contribution in [2.75, 3.05) is 18.5 Å². The van der Waals surface area contributed by atoms with Gasteiger partial charge in [-0.3, -0.25) is 4.79 Å². The molecule has 0 aliphatic carbocycles. The number of anilines is 1. The van der Waals surface area contributed by atoms with E-state index in [1.807, 2.05) is 30.3 Å². The molecule has 1 aromatic carbocycles. The minimum Gasteiger partial charge on any atom is -0.462 e. The fourth-order valence-corrected chi connectivity index (χ4v) is 3.61. The molecule has 29 heavy (non-hydrogen) atoms. The monoisotopic (exact) mass is 413 g/mol. The summed E-state index contributed by atoms with van der Waals surface area (Å²) in [4.78, 5) is 36.7. The Morgan fingerprint density at radius 2 is 1.83 bits per heavy atom. The summed E-state index contributed by atoms with van der Waals surface area (Å²) in [7, 11) is 0. The van der Waals surface area contributed by atoms with Crippen molar-refractivity contribution in [3.8, 4) is 11.1 Å². The Hall–Kier alpha value is -3.39. The van der Waals surface area contributed by atoms with Crippen molar-refractivity contribution in [3.63, 3.8) is 0 Å². The summed E-state index contributed by atoms with van der Waals surface area (Å²) in [6, 6.07) is 12.6. The molecule has 7 nitrogen and oxygen atoms in total. The maximum absolute atomic E-state index is 12.3. The van der Waals surface area contributed by atoms with Crippen molar-refractivity contribution in [1.82, 2.24) is 0 Å². The molecule has 0 fully saturated rings. The molecule has 1 N–H and O–H groups in total. The smallest absolute Gasteiger partial charge is 0.375 e. The molecule has 0 atom stereocenters. The zero-order valence-corrected chi connectivity index (χ0v) is 16.7. The Labute approximate surface area is 171 Å². The Morgan fingerprint density at radius 3 is 2.55 bits per heavy atom. The van der Waals surface area contributed by atoms with Crippen molar-refractivity contribution >= 4 is 34.2 Å². The minimum absolute atomic E-state index is 0.0283. The number of aryl methyl sites for hydroxylation is 1. The first-order chi connectivity index (χ1) is 14.0. The molecular formula is C21H19NO6S. The van der Waals surface area contributed by atoms with Crippen LogP contribution in [0.4, 0.5) is 5.00 Å². The lowest BCUT2D eigenvalue weighted by Crippen LogP contribution is -2.20. The Balaban J connectivity index is 1.59. The fraction of sp³-hybridized carbons (Fsp3) is 0.190. The SMILES string of the molecule is CCOC(=O)c1sc(NC(=O)COC(=O)c2occc2-c2ccccc2)cc1C. The summed E-state index contributed by atoms with van der Waals surface area (Å²) in [5, 5.41) is 3.08. The van der Waals surface area contributed by atoms with Crippen LogP contribution in [-0.2, 0) is 14.3 Å². The van der Waals surface area contributed by atoms with E-state index in [-0.39, 0.29) is 12.4 Å².